The lowest BCUT2D eigenvalue weighted by Gasteiger charge is -2.28. The lowest BCUT2D eigenvalue weighted by molar-refractivity contribution is 0.208. The Bertz CT molecular complexity index is 370. The van der Waals surface area contributed by atoms with E-state index in [1.54, 1.807) is 7.11 Å². The fourth-order valence-corrected chi connectivity index (χ4v) is 2.43. The average Bonchev–Trinajstić information content (AvgIpc) is 2.36. The maximum atomic E-state index is 5.17. The van der Waals surface area contributed by atoms with Crippen molar-refractivity contribution < 1.29 is 4.74 Å². The van der Waals surface area contributed by atoms with Crippen molar-refractivity contribution in [3.8, 4) is 5.88 Å². The smallest absolute Gasteiger partial charge is 0.213 e. The third kappa shape index (κ3) is 3.96. The van der Waals surface area contributed by atoms with E-state index in [-0.39, 0.29) is 0 Å². The molecule has 0 bridgehead atoms. The number of nitrogens with one attached hydrogen (secondary N) is 1. The number of methoxy groups -OCH3 is 1. The molecule has 1 aromatic heterocycles. The van der Waals surface area contributed by atoms with E-state index in [0.29, 0.717) is 11.8 Å². The molecule has 1 atom stereocenters. The normalized spacial score (nSPS) is 22.2. The monoisotopic (exact) mass is 249 g/mol. The number of nitrogens with zero attached hydrogens (tertiary/aromatic N) is 2. The van der Waals surface area contributed by atoms with E-state index in [9.17, 15) is 0 Å². The van der Waals surface area contributed by atoms with Crippen LogP contribution in [-0.4, -0.2) is 43.2 Å². The summed E-state index contributed by atoms with van der Waals surface area (Å²) in [5.74, 6) is 1.41. The molecule has 100 valence electrons. The molecule has 2 heterocycles. The fourth-order valence-electron chi connectivity index (χ4n) is 2.43. The molecule has 4 nitrogen and oxygen atoms in total. The number of hydrogen-bond donors (Lipinski definition) is 1. The van der Waals surface area contributed by atoms with Gasteiger partial charge in [0.15, 0.2) is 0 Å². The number of pyridine rings is 1. The maximum Gasteiger partial charge on any atom is 0.213 e. The zero-order chi connectivity index (χ0) is 12.8. The number of hydrogen-bond acceptors (Lipinski definition) is 4. The first-order valence-corrected chi connectivity index (χ1v) is 6.70. The maximum absolute atomic E-state index is 5.17. The zero-order valence-corrected chi connectivity index (χ0v) is 11.4. The first-order chi connectivity index (χ1) is 8.78. The van der Waals surface area contributed by atoms with E-state index >= 15 is 0 Å². The minimum absolute atomic E-state index is 0.703. The molecule has 1 fully saturated rings. The van der Waals surface area contributed by atoms with Crippen molar-refractivity contribution >= 4 is 0 Å². The van der Waals surface area contributed by atoms with Gasteiger partial charge in [0.1, 0.15) is 0 Å². The van der Waals surface area contributed by atoms with Crippen molar-refractivity contribution in [1.29, 1.82) is 0 Å². The molecule has 1 aliphatic rings. The quantitative estimate of drug-likeness (QED) is 0.881. The molecule has 1 N–H and O–H groups in total. The Kier molecular flexibility index (Phi) is 4.96. The lowest BCUT2D eigenvalue weighted by Crippen LogP contribution is -2.38. The number of aromatic nitrogens is 1. The molecule has 1 aromatic rings. The number of rotatable bonds is 3. The second-order valence-electron chi connectivity index (χ2n) is 5.10. The van der Waals surface area contributed by atoms with Gasteiger partial charge in [-0.1, -0.05) is 6.92 Å². The molecular formula is C14H23N3O. The predicted molar refractivity (Wildman–Crippen MR) is 72.7 cm³/mol. The molecule has 0 amide bonds. The molecule has 0 spiro atoms. The van der Waals surface area contributed by atoms with Gasteiger partial charge < -0.3 is 10.1 Å². The van der Waals surface area contributed by atoms with E-state index in [0.717, 1.165) is 32.7 Å². The van der Waals surface area contributed by atoms with Crippen LogP contribution >= 0.6 is 0 Å². The largest absolute Gasteiger partial charge is 0.481 e. The Balaban J connectivity index is 1.97. The molecule has 1 unspecified atom stereocenters. The van der Waals surface area contributed by atoms with Gasteiger partial charge in [-0.2, -0.15) is 0 Å². The summed E-state index contributed by atoms with van der Waals surface area (Å²) in [5.41, 5.74) is 1.28. The Labute approximate surface area is 109 Å². The Morgan fingerprint density at radius 3 is 3.28 bits per heavy atom. The molecule has 1 saturated heterocycles. The third-order valence-electron chi connectivity index (χ3n) is 3.31. The van der Waals surface area contributed by atoms with Gasteiger partial charge in [0, 0.05) is 25.4 Å². The van der Waals surface area contributed by atoms with Crippen LogP contribution in [0.4, 0.5) is 0 Å². The predicted octanol–water partition coefficient (Wildman–Crippen LogP) is 1.52. The van der Waals surface area contributed by atoms with E-state index in [4.69, 9.17) is 4.74 Å². The Hall–Kier alpha value is -1.13. The first-order valence-electron chi connectivity index (χ1n) is 6.70. The summed E-state index contributed by atoms with van der Waals surface area (Å²) in [6, 6.07) is 4.10. The highest BCUT2D eigenvalue weighted by molar-refractivity contribution is 5.20. The van der Waals surface area contributed by atoms with Gasteiger partial charge >= 0.3 is 0 Å². The Morgan fingerprint density at radius 1 is 1.56 bits per heavy atom. The summed E-state index contributed by atoms with van der Waals surface area (Å²) < 4.78 is 5.17. The van der Waals surface area contributed by atoms with Crippen LogP contribution in [0.2, 0.25) is 0 Å². The van der Waals surface area contributed by atoms with Crippen LogP contribution in [0, 0.1) is 5.92 Å². The molecule has 0 aromatic carbocycles. The standard InChI is InChI=1S/C14H23N3O/c1-12-9-15-5-3-7-17(10-12)11-13-4-6-16-14(8-13)18-2/h4,6,8,12,15H,3,5,7,9-11H2,1-2H3. The summed E-state index contributed by atoms with van der Waals surface area (Å²) in [7, 11) is 1.66. The van der Waals surface area contributed by atoms with Gasteiger partial charge in [0.25, 0.3) is 0 Å². The molecule has 1 aliphatic heterocycles. The van der Waals surface area contributed by atoms with Crippen molar-refractivity contribution in [2.45, 2.75) is 19.9 Å². The van der Waals surface area contributed by atoms with Crippen LogP contribution in [0.15, 0.2) is 18.3 Å². The van der Waals surface area contributed by atoms with E-state index in [2.05, 4.69) is 28.2 Å². The van der Waals surface area contributed by atoms with Gasteiger partial charge in [-0.15, -0.1) is 0 Å². The highest BCUT2D eigenvalue weighted by Gasteiger charge is 2.13. The van der Waals surface area contributed by atoms with Crippen LogP contribution in [0.5, 0.6) is 5.88 Å². The fraction of sp³-hybridized carbons (Fsp3) is 0.643. The third-order valence-corrected chi connectivity index (χ3v) is 3.31. The summed E-state index contributed by atoms with van der Waals surface area (Å²) >= 11 is 0. The van der Waals surface area contributed by atoms with Crippen LogP contribution < -0.4 is 10.1 Å². The molecule has 0 saturated carbocycles. The second-order valence-corrected chi connectivity index (χ2v) is 5.10. The van der Waals surface area contributed by atoms with Crippen molar-refractivity contribution in [2.24, 2.45) is 5.92 Å². The van der Waals surface area contributed by atoms with Gasteiger partial charge in [0.05, 0.1) is 7.11 Å². The van der Waals surface area contributed by atoms with E-state index in [1.165, 1.54) is 12.0 Å². The van der Waals surface area contributed by atoms with Crippen LogP contribution in [0.3, 0.4) is 0 Å². The molecule has 0 radical (unpaired) electrons. The molecule has 4 heteroatoms. The van der Waals surface area contributed by atoms with Crippen molar-refractivity contribution in [3.63, 3.8) is 0 Å². The topological polar surface area (TPSA) is 37.4 Å². The van der Waals surface area contributed by atoms with E-state index in [1.807, 2.05) is 12.3 Å². The van der Waals surface area contributed by atoms with E-state index < -0.39 is 0 Å². The minimum atomic E-state index is 0.703. The first kappa shape index (κ1) is 13.3. The molecule has 2 rings (SSSR count). The van der Waals surface area contributed by atoms with Crippen molar-refractivity contribution in [2.75, 3.05) is 33.3 Å². The lowest BCUT2D eigenvalue weighted by atomic mass is 10.1. The summed E-state index contributed by atoms with van der Waals surface area (Å²) in [6.45, 7) is 7.85. The van der Waals surface area contributed by atoms with Crippen LogP contribution in [-0.2, 0) is 6.54 Å². The average molecular weight is 249 g/mol. The zero-order valence-electron chi connectivity index (χ0n) is 11.4. The Morgan fingerprint density at radius 2 is 2.44 bits per heavy atom. The minimum Gasteiger partial charge on any atom is -0.481 e. The summed E-state index contributed by atoms with van der Waals surface area (Å²) in [5, 5.41) is 3.48. The molecular weight excluding hydrogens is 226 g/mol. The second kappa shape index (κ2) is 6.71. The van der Waals surface area contributed by atoms with Crippen LogP contribution in [0.25, 0.3) is 0 Å². The van der Waals surface area contributed by atoms with Crippen LogP contribution in [0.1, 0.15) is 18.9 Å². The van der Waals surface area contributed by atoms with Gasteiger partial charge in [0.2, 0.25) is 5.88 Å². The molecule has 0 aliphatic carbocycles. The highest BCUT2D eigenvalue weighted by atomic mass is 16.5. The van der Waals surface area contributed by atoms with Crippen molar-refractivity contribution in [3.05, 3.63) is 23.9 Å². The highest BCUT2D eigenvalue weighted by Crippen LogP contribution is 2.13. The SMILES string of the molecule is COc1cc(CN2CCCNCC(C)C2)ccn1. The number of ether oxygens (including phenoxy) is 1. The van der Waals surface area contributed by atoms with Gasteiger partial charge in [-0.3, -0.25) is 4.90 Å². The summed E-state index contributed by atoms with van der Waals surface area (Å²) in [4.78, 5) is 6.68. The van der Waals surface area contributed by atoms with Gasteiger partial charge in [-0.05, 0) is 43.6 Å². The van der Waals surface area contributed by atoms with Crippen molar-refractivity contribution in [1.82, 2.24) is 15.2 Å². The molecule has 18 heavy (non-hydrogen) atoms. The van der Waals surface area contributed by atoms with Gasteiger partial charge in [-0.25, -0.2) is 4.98 Å². The summed E-state index contributed by atoms with van der Waals surface area (Å²) in [6.07, 6.45) is 3.04.